The lowest BCUT2D eigenvalue weighted by molar-refractivity contribution is -0.202. The number of hydrogen-bond acceptors (Lipinski definition) is 10. The van der Waals surface area contributed by atoms with Gasteiger partial charge in [-0.2, -0.15) is 10.1 Å². The Morgan fingerprint density at radius 3 is 2.89 bits per heavy atom. The van der Waals surface area contributed by atoms with E-state index in [0.717, 1.165) is 6.66 Å². The Labute approximate surface area is 160 Å². The van der Waals surface area contributed by atoms with Gasteiger partial charge in [-0.05, 0) is 19.4 Å². The van der Waals surface area contributed by atoms with Gasteiger partial charge in [0.25, 0.3) is 5.56 Å². The number of aryl methyl sites for hydroxylation is 1. The summed E-state index contributed by atoms with van der Waals surface area (Å²) in [6, 6.07) is 0. The number of nitrogen functional groups attached to an aromatic ring is 1. The fraction of sp³-hybridized carbons (Fsp3) is 0.667. The third-order valence-electron chi connectivity index (χ3n) is 4.38. The molecule has 2 aromatic rings. The van der Waals surface area contributed by atoms with Crippen molar-refractivity contribution in [1.82, 2.24) is 19.7 Å². The van der Waals surface area contributed by atoms with Crippen LogP contribution in [0.25, 0.3) is 11.0 Å². The summed E-state index contributed by atoms with van der Waals surface area (Å²) in [6.45, 7) is 1.58. The molecule has 0 aromatic carbocycles. The summed E-state index contributed by atoms with van der Waals surface area (Å²) in [5, 5.41) is 4.80. The van der Waals surface area contributed by atoms with Crippen molar-refractivity contribution in [1.29, 1.82) is 0 Å². The molecular formula is C15H24N6O6P-. The molecule has 1 aliphatic heterocycles. The summed E-state index contributed by atoms with van der Waals surface area (Å²) < 4.78 is 29.3. The third kappa shape index (κ3) is 4.43. The second kappa shape index (κ2) is 8.27. The van der Waals surface area contributed by atoms with E-state index in [1.807, 2.05) is 0 Å². The molecule has 4 atom stereocenters. The van der Waals surface area contributed by atoms with E-state index >= 15 is 0 Å². The molecule has 0 saturated carbocycles. The van der Waals surface area contributed by atoms with Crippen LogP contribution in [0.5, 0.6) is 0 Å². The van der Waals surface area contributed by atoms with Crippen LogP contribution in [0.2, 0.25) is 0 Å². The number of methoxy groups -OCH3 is 1. The van der Waals surface area contributed by atoms with Crippen molar-refractivity contribution in [3.05, 3.63) is 16.0 Å². The van der Waals surface area contributed by atoms with Gasteiger partial charge in [-0.3, -0.25) is 9.78 Å². The van der Waals surface area contributed by atoms with E-state index in [4.69, 9.17) is 25.5 Å². The summed E-state index contributed by atoms with van der Waals surface area (Å²) in [4.78, 5) is 30.7. The summed E-state index contributed by atoms with van der Waals surface area (Å²) >= 11 is 0. The van der Waals surface area contributed by atoms with E-state index in [2.05, 4.69) is 15.1 Å². The number of hydrogen-bond donors (Lipinski definition) is 3. The number of H-pyrrole nitrogens is 1. The quantitative estimate of drug-likeness (QED) is 0.456. The molecule has 1 fully saturated rings. The van der Waals surface area contributed by atoms with Crippen LogP contribution in [-0.2, 0) is 25.0 Å². The zero-order valence-corrected chi connectivity index (χ0v) is 16.6. The maximum atomic E-state index is 12.4. The highest BCUT2D eigenvalue weighted by atomic mass is 31.2. The van der Waals surface area contributed by atoms with Crippen LogP contribution in [0, 0.1) is 0 Å². The third-order valence-corrected chi connectivity index (χ3v) is 5.04. The highest BCUT2D eigenvalue weighted by Gasteiger charge is 2.40. The molecule has 0 aliphatic carbocycles. The van der Waals surface area contributed by atoms with E-state index in [0.29, 0.717) is 30.5 Å². The van der Waals surface area contributed by atoms with E-state index in [9.17, 15) is 14.3 Å². The smallest absolute Gasteiger partial charge is 0.263 e. The fourth-order valence-electron chi connectivity index (χ4n) is 3.30. The largest absolute Gasteiger partial charge is 0.779 e. The maximum Gasteiger partial charge on any atom is 0.263 e. The molecular weight excluding hydrogens is 391 g/mol. The minimum absolute atomic E-state index is 0.0547. The number of rotatable bonds is 8. The average Bonchev–Trinajstić information content (AvgIpc) is 3.13. The Bertz CT molecular complexity index is 939. The van der Waals surface area contributed by atoms with Crippen molar-refractivity contribution in [2.75, 3.05) is 32.7 Å². The van der Waals surface area contributed by atoms with Crippen LogP contribution in [0.4, 0.5) is 5.95 Å². The maximum absolute atomic E-state index is 12.4. The summed E-state index contributed by atoms with van der Waals surface area (Å²) in [5.41, 5.74) is 11.6. The Morgan fingerprint density at radius 2 is 2.25 bits per heavy atom. The molecule has 0 spiro atoms. The van der Waals surface area contributed by atoms with Crippen molar-refractivity contribution in [3.8, 4) is 0 Å². The van der Waals surface area contributed by atoms with Gasteiger partial charge in [-0.1, -0.05) is 0 Å². The molecule has 0 amide bonds. The second-order valence-electron chi connectivity index (χ2n) is 6.67. The molecule has 12 nitrogen and oxygen atoms in total. The van der Waals surface area contributed by atoms with Gasteiger partial charge in [0.1, 0.15) is 19.1 Å². The molecule has 1 saturated heterocycles. The van der Waals surface area contributed by atoms with Crippen molar-refractivity contribution in [3.63, 3.8) is 0 Å². The SMILES string of the molecule is COCC1OC(n2nc(CCCN)c3c(=O)[nH]c(N)nc32)CC1OP(C)(=O)[O-]. The molecule has 5 N–H and O–H groups in total. The van der Waals surface area contributed by atoms with Gasteiger partial charge in [0, 0.05) is 20.2 Å². The van der Waals surface area contributed by atoms with E-state index in [-0.39, 0.29) is 24.6 Å². The van der Waals surface area contributed by atoms with Crippen molar-refractivity contribution in [2.24, 2.45) is 5.73 Å². The van der Waals surface area contributed by atoms with E-state index in [1.54, 1.807) is 0 Å². The lowest BCUT2D eigenvalue weighted by atomic mass is 10.2. The van der Waals surface area contributed by atoms with Gasteiger partial charge in [0.05, 0.1) is 18.4 Å². The first-order valence-electron chi connectivity index (χ1n) is 8.81. The highest BCUT2D eigenvalue weighted by molar-refractivity contribution is 7.50. The number of aromatic nitrogens is 4. The van der Waals surface area contributed by atoms with Crippen LogP contribution >= 0.6 is 7.60 Å². The number of fused-ring (bicyclic) bond motifs is 1. The lowest BCUT2D eigenvalue weighted by Crippen LogP contribution is -2.29. The standard InChI is InChI=1S/C15H25N6O6P/c1-25-7-10-9(27-28(2,23)24)6-11(26-10)21-13-12(8(20-21)4-3-5-16)14(22)19-15(17)18-13/h9-11H,3-7,16H2,1-2H3,(H,23,24)(H3,17,18,19,22)/p-1. The first-order chi connectivity index (χ1) is 13.2. The van der Waals surface area contributed by atoms with Crippen LogP contribution in [0.3, 0.4) is 0 Å². The summed E-state index contributed by atoms with van der Waals surface area (Å²) in [5.74, 6) is -0.0547. The highest BCUT2D eigenvalue weighted by Crippen LogP contribution is 2.41. The molecule has 3 rings (SSSR count). The normalized spacial score (nSPS) is 24.6. The van der Waals surface area contributed by atoms with Gasteiger partial charge in [0.2, 0.25) is 5.95 Å². The van der Waals surface area contributed by atoms with Crippen molar-refractivity contribution in [2.45, 2.75) is 37.7 Å². The predicted octanol–water partition coefficient (Wildman–Crippen LogP) is -0.905. The van der Waals surface area contributed by atoms with Gasteiger partial charge in [-0.15, -0.1) is 0 Å². The molecule has 156 valence electrons. The van der Waals surface area contributed by atoms with E-state index < -0.39 is 31.6 Å². The number of aromatic amines is 1. The Kier molecular flexibility index (Phi) is 6.18. The van der Waals surface area contributed by atoms with Gasteiger partial charge < -0.3 is 34.9 Å². The molecule has 0 bridgehead atoms. The number of ether oxygens (including phenoxy) is 2. The predicted molar refractivity (Wildman–Crippen MR) is 98.7 cm³/mol. The van der Waals surface area contributed by atoms with Crippen LogP contribution < -0.4 is 21.9 Å². The zero-order chi connectivity index (χ0) is 20.5. The van der Waals surface area contributed by atoms with E-state index in [1.165, 1.54) is 11.8 Å². The number of nitrogens with one attached hydrogen (secondary N) is 1. The minimum atomic E-state index is -3.99. The molecule has 2 aromatic heterocycles. The monoisotopic (exact) mass is 415 g/mol. The van der Waals surface area contributed by atoms with Gasteiger partial charge in [-0.25, -0.2) is 4.68 Å². The summed E-state index contributed by atoms with van der Waals surface area (Å²) in [7, 11) is -2.51. The lowest BCUT2D eigenvalue weighted by Gasteiger charge is -2.25. The zero-order valence-electron chi connectivity index (χ0n) is 15.7. The first kappa shape index (κ1) is 20.9. The van der Waals surface area contributed by atoms with Gasteiger partial charge in [0.15, 0.2) is 11.9 Å². The van der Waals surface area contributed by atoms with Crippen LogP contribution in [0.1, 0.15) is 24.8 Å². The van der Waals surface area contributed by atoms with Crippen LogP contribution in [-0.4, -0.2) is 58.9 Å². The number of nitrogens with zero attached hydrogens (tertiary/aromatic N) is 3. The van der Waals surface area contributed by atoms with Crippen molar-refractivity contribution < 1.29 is 23.5 Å². The molecule has 1 aliphatic rings. The Balaban J connectivity index is 2.00. The Hall–Kier alpha value is -1.82. The second-order valence-corrected chi connectivity index (χ2v) is 8.42. The van der Waals surface area contributed by atoms with Crippen molar-refractivity contribution >= 4 is 24.6 Å². The average molecular weight is 415 g/mol. The molecule has 13 heteroatoms. The summed E-state index contributed by atoms with van der Waals surface area (Å²) in [6.07, 6.45) is -0.759. The number of nitrogens with two attached hydrogens (primary N) is 2. The minimum Gasteiger partial charge on any atom is -0.779 e. The van der Waals surface area contributed by atoms with Crippen LogP contribution in [0.15, 0.2) is 4.79 Å². The molecule has 4 unspecified atom stereocenters. The molecule has 3 heterocycles. The first-order valence-corrected chi connectivity index (χ1v) is 10.8. The number of anilines is 1. The molecule has 28 heavy (non-hydrogen) atoms. The topological polar surface area (TPSA) is 183 Å². The van der Waals surface area contributed by atoms with Gasteiger partial charge >= 0.3 is 0 Å². The fourth-order valence-corrected chi connectivity index (χ4v) is 4.01. The Morgan fingerprint density at radius 1 is 1.50 bits per heavy atom. The molecule has 0 radical (unpaired) electrons.